The molecule has 1 saturated heterocycles. The van der Waals surface area contributed by atoms with Crippen molar-refractivity contribution in [3.05, 3.63) is 29.8 Å². The molecule has 1 aromatic carbocycles. The molecular formula is C19H27N3O3. The van der Waals surface area contributed by atoms with Crippen LogP contribution in [0.2, 0.25) is 0 Å². The molecule has 0 spiro atoms. The minimum absolute atomic E-state index is 0.0380. The summed E-state index contributed by atoms with van der Waals surface area (Å²) in [5.74, 6) is 0.113. The number of hydrogen-bond acceptors (Lipinski definition) is 3. The fraction of sp³-hybridized carbons (Fsp3) is 0.526. The standard InChI is InChI=1S/C19H27N3O3/c1-4-15(5-2)18(24)21-10-12-22(13-11-21)19(25)16-6-8-17(9-7-16)20-14(3)23/h6-9,15H,4-5,10-13H2,1-3H3,(H,20,23). The van der Waals surface area contributed by atoms with Gasteiger partial charge in [-0.25, -0.2) is 0 Å². The third kappa shape index (κ3) is 4.81. The van der Waals surface area contributed by atoms with Crippen LogP contribution in [0, 0.1) is 5.92 Å². The molecule has 1 N–H and O–H groups in total. The number of anilines is 1. The average molecular weight is 345 g/mol. The topological polar surface area (TPSA) is 69.7 Å². The number of piperazine rings is 1. The smallest absolute Gasteiger partial charge is 0.253 e. The van der Waals surface area contributed by atoms with E-state index in [2.05, 4.69) is 5.32 Å². The monoisotopic (exact) mass is 345 g/mol. The largest absolute Gasteiger partial charge is 0.339 e. The van der Waals surface area contributed by atoms with E-state index in [1.54, 1.807) is 29.2 Å². The first kappa shape index (κ1) is 19.0. The van der Waals surface area contributed by atoms with Gasteiger partial charge in [0.2, 0.25) is 11.8 Å². The number of hydrogen-bond donors (Lipinski definition) is 1. The van der Waals surface area contributed by atoms with E-state index in [-0.39, 0.29) is 23.6 Å². The Morgan fingerprint density at radius 2 is 1.48 bits per heavy atom. The van der Waals surface area contributed by atoms with Crippen molar-refractivity contribution in [2.24, 2.45) is 5.92 Å². The summed E-state index contributed by atoms with van der Waals surface area (Å²) in [6, 6.07) is 6.88. The minimum Gasteiger partial charge on any atom is -0.339 e. The van der Waals surface area contributed by atoms with Crippen molar-refractivity contribution in [2.75, 3.05) is 31.5 Å². The SMILES string of the molecule is CCC(CC)C(=O)N1CCN(C(=O)c2ccc(NC(C)=O)cc2)CC1. The van der Waals surface area contributed by atoms with Crippen LogP contribution in [0.1, 0.15) is 44.0 Å². The first-order chi connectivity index (χ1) is 12.0. The summed E-state index contributed by atoms with van der Waals surface area (Å²) in [5.41, 5.74) is 1.26. The second-order valence-electron chi connectivity index (χ2n) is 6.39. The van der Waals surface area contributed by atoms with Crippen LogP contribution in [0.3, 0.4) is 0 Å². The van der Waals surface area contributed by atoms with Gasteiger partial charge < -0.3 is 15.1 Å². The van der Waals surface area contributed by atoms with E-state index in [4.69, 9.17) is 0 Å². The van der Waals surface area contributed by atoms with Crippen LogP contribution in [0.4, 0.5) is 5.69 Å². The predicted octanol–water partition coefficient (Wildman–Crippen LogP) is 2.37. The summed E-state index contributed by atoms with van der Waals surface area (Å²) in [5, 5.41) is 2.68. The van der Waals surface area contributed by atoms with Gasteiger partial charge in [-0.3, -0.25) is 14.4 Å². The van der Waals surface area contributed by atoms with Crippen molar-refractivity contribution < 1.29 is 14.4 Å². The number of nitrogens with zero attached hydrogens (tertiary/aromatic N) is 2. The first-order valence-electron chi connectivity index (χ1n) is 8.92. The lowest BCUT2D eigenvalue weighted by Crippen LogP contribution is -2.51. The molecule has 0 radical (unpaired) electrons. The van der Waals surface area contributed by atoms with Gasteiger partial charge in [-0.05, 0) is 37.1 Å². The maximum absolute atomic E-state index is 12.6. The summed E-state index contributed by atoms with van der Waals surface area (Å²) in [6.07, 6.45) is 1.71. The molecule has 0 aromatic heterocycles. The van der Waals surface area contributed by atoms with Crippen LogP contribution in [-0.2, 0) is 9.59 Å². The lowest BCUT2D eigenvalue weighted by molar-refractivity contribution is -0.137. The van der Waals surface area contributed by atoms with Gasteiger partial charge in [0.05, 0.1) is 0 Å². The van der Waals surface area contributed by atoms with Crippen LogP contribution in [0.5, 0.6) is 0 Å². The second kappa shape index (κ2) is 8.65. The van der Waals surface area contributed by atoms with Gasteiger partial charge in [0.1, 0.15) is 0 Å². The number of carbonyl (C=O) groups excluding carboxylic acids is 3. The summed E-state index contributed by atoms with van der Waals surface area (Å²) in [7, 11) is 0. The molecule has 1 heterocycles. The van der Waals surface area contributed by atoms with Gasteiger partial charge in [-0.15, -0.1) is 0 Å². The minimum atomic E-state index is -0.141. The van der Waals surface area contributed by atoms with Crippen molar-refractivity contribution in [2.45, 2.75) is 33.6 Å². The van der Waals surface area contributed by atoms with Gasteiger partial charge in [-0.2, -0.15) is 0 Å². The van der Waals surface area contributed by atoms with Crippen molar-refractivity contribution in [1.29, 1.82) is 0 Å². The fourth-order valence-electron chi connectivity index (χ4n) is 3.11. The van der Waals surface area contributed by atoms with Gasteiger partial charge >= 0.3 is 0 Å². The molecule has 0 saturated carbocycles. The van der Waals surface area contributed by atoms with Gasteiger partial charge in [0.25, 0.3) is 5.91 Å². The van der Waals surface area contributed by atoms with Gasteiger partial charge in [0, 0.05) is 50.3 Å². The molecule has 0 atom stereocenters. The van der Waals surface area contributed by atoms with Crippen molar-refractivity contribution in [3.63, 3.8) is 0 Å². The first-order valence-corrected chi connectivity index (χ1v) is 8.92. The Morgan fingerprint density at radius 3 is 1.96 bits per heavy atom. The molecular weight excluding hydrogens is 318 g/mol. The maximum Gasteiger partial charge on any atom is 0.253 e. The Hall–Kier alpha value is -2.37. The zero-order valence-corrected chi connectivity index (χ0v) is 15.2. The number of nitrogens with one attached hydrogen (secondary N) is 1. The second-order valence-corrected chi connectivity index (χ2v) is 6.39. The van der Waals surface area contributed by atoms with E-state index in [9.17, 15) is 14.4 Å². The Bertz CT molecular complexity index is 615. The molecule has 2 rings (SSSR count). The van der Waals surface area contributed by atoms with Gasteiger partial charge in [0.15, 0.2) is 0 Å². The summed E-state index contributed by atoms with van der Waals surface area (Å²) in [4.78, 5) is 39.7. The third-order valence-electron chi connectivity index (χ3n) is 4.67. The normalized spacial score (nSPS) is 14.6. The summed E-state index contributed by atoms with van der Waals surface area (Å²) < 4.78 is 0. The van der Waals surface area contributed by atoms with Crippen LogP contribution in [-0.4, -0.2) is 53.7 Å². The Morgan fingerprint density at radius 1 is 0.960 bits per heavy atom. The lowest BCUT2D eigenvalue weighted by atomic mass is 10.0. The number of benzene rings is 1. The summed E-state index contributed by atoms with van der Waals surface area (Å²) >= 11 is 0. The molecule has 25 heavy (non-hydrogen) atoms. The zero-order valence-electron chi connectivity index (χ0n) is 15.2. The molecule has 0 bridgehead atoms. The Kier molecular flexibility index (Phi) is 6.56. The third-order valence-corrected chi connectivity index (χ3v) is 4.67. The van der Waals surface area contributed by atoms with Crippen molar-refractivity contribution in [1.82, 2.24) is 9.80 Å². The molecule has 0 unspecified atom stereocenters. The van der Waals surface area contributed by atoms with E-state index in [1.165, 1.54) is 6.92 Å². The summed E-state index contributed by atoms with van der Waals surface area (Å²) in [6.45, 7) is 7.81. The van der Waals surface area contributed by atoms with E-state index in [1.807, 2.05) is 18.7 Å². The average Bonchev–Trinajstić information content (AvgIpc) is 2.62. The van der Waals surface area contributed by atoms with E-state index < -0.39 is 0 Å². The van der Waals surface area contributed by atoms with Crippen LogP contribution >= 0.6 is 0 Å². The molecule has 0 aliphatic carbocycles. The molecule has 1 fully saturated rings. The van der Waals surface area contributed by atoms with Crippen molar-refractivity contribution >= 4 is 23.4 Å². The number of carbonyl (C=O) groups is 3. The van der Waals surface area contributed by atoms with Crippen molar-refractivity contribution in [3.8, 4) is 0 Å². The maximum atomic E-state index is 12.6. The van der Waals surface area contributed by atoms with Gasteiger partial charge in [-0.1, -0.05) is 13.8 Å². The highest BCUT2D eigenvalue weighted by atomic mass is 16.2. The molecule has 1 aliphatic heterocycles. The van der Waals surface area contributed by atoms with Crippen LogP contribution in [0.25, 0.3) is 0 Å². The Labute approximate surface area is 149 Å². The predicted molar refractivity (Wildman–Crippen MR) is 97.3 cm³/mol. The highest BCUT2D eigenvalue weighted by Crippen LogP contribution is 2.16. The van der Waals surface area contributed by atoms with E-state index in [0.29, 0.717) is 37.4 Å². The lowest BCUT2D eigenvalue weighted by Gasteiger charge is -2.36. The molecule has 6 nitrogen and oxygen atoms in total. The molecule has 136 valence electrons. The highest BCUT2D eigenvalue weighted by molar-refractivity contribution is 5.95. The Balaban J connectivity index is 1.92. The highest BCUT2D eigenvalue weighted by Gasteiger charge is 2.27. The quantitative estimate of drug-likeness (QED) is 0.891. The molecule has 6 heteroatoms. The fourth-order valence-corrected chi connectivity index (χ4v) is 3.11. The van der Waals surface area contributed by atoms with E-state index in [0.717, 1.165) is 12.8 Å². The van der Waals surface area contributed by atoms with Crippen LogP contribution in [0.15, 0.2) is 24.3 Å². The molecule has 3 amide bonds. The molecule has 1 aliphatic rings. The number of rotatable bonds is 5. The molecule has 1 aromatic rings. The number of amides is 3. The zero-order chi connectivity index (χ0) is 18.4. The van der Waals surface area contributed by atoms with Crippen LogP contribution < -0.4 is 5.32 Å². The van der Waals surface area contributed by atoms with E-state index >= 15 is 0 Å².